The van der Waals surface area contributed by atoms with Gasteiger partial charge in [-0.2, -0.15) is 0 Å². The number of carbonyl (C=O) groups excluding carboxylic acids is 4. The van der Waals surface area contributed by atoms with Crippen LogP contribution in [0.3, 0.4) is 0 Å². The molecule has 1 atom stereocenters. The number of carbonyl (C=O) groups is 4. The first kappa shape index (κ1) is 39.9. The second-order valence-corrected chi connectivity index (χ2v) is 13.5. The molecule has 4 rings (SSSR count). The molecule has 4 amide bonds. The van der Waals surface area contributed by atoms with Crippen LogP contribution in [0.5, 0.6) is 0 Å². The van der Waals surface area contributed by atoms with Crippen LogP contribution < -0.4 is 10.6 Å². The molecule has 0 radical (unpaired) electrons. The number of benzene rings is 3. The highest BCUT2D eigenvalue weighted by Crippen LogP contribution is 2.33. The fourth-order valence-corrected chi connectivity index (χ4v) is 6.40. The number of unbranched alkanes of at least 4 members (excludes halogenated alkanes) is 6. The third-order valence-electron chi connectivity index (χ3n) is 9.47. The lowest BCUT2D eigenvalue weighted by Crippen LogP contribution is -2.48. The zero-order chi connectivity index (χ0) is 37.1. The molecule has 3 aromatic rings. The van der Waals surface area contributed by atoms with Gasteiger partial charge in [0.1, 0.15) is 6.61 Å². The Morgan fingerprint density at radius 1 is 0.788 bits per heavy atom. The van der Waals surface area contributed by atoms with Crippen LogP contribution in [0.2, 0.25) is 0 Å². The van der Waals surface area contributed by atoms with Crippen LogP contribution in [0.25, 0.3) is 11.1 Å². The highest BCUT2D eigenvalue weighted by molar-refractivity contribution is 5.95. The van der Waals surface area contributed by atoms with Gasteiger partial charge in [-0.15, -0.1) is 0 Å². The van der Waals surface area contributed by atoms with Crippen LogP contribution in [0, 0.1) is 0 Å². The molecule has 0 aliphatic carbocycles. The smallest absolute Gasteiger partial charge is 0.338 e. The van der Waals surface area contributed by atoms with E-state index in [9.17, 15) is 19.2 Å². The molecule has 0 saturated heterocycles. The van der Waals surface area contributed by atoms with Crippen molar-refractivity contribution in [2.45, 2.75) is 97.6 Å². The maximum Gasteiger partial charge on any atom is 0.338 e. The molecular weight excluding hydrogens is 652 g/mol. The molecule has 3 aromatic carbocycles. The Hall–Kier alpha value is -4.92. The zero-order valence-corrected chi connectivity index (χ0v) is 31.2. The summed E-state index contributed by atoms with van der Waals surface area (Å²) < 4.78 is 5.81. The third kappa shape index (κ3) is 12.1. The van der Waals surface area contributed by atoms with E-state index in [-0.39, 0.29) is 31.0 Å². The van der Waals surface area contributed by atoms with Crippen molar-refractivity contribution < 1.29 is 23.9 Å². The Balaban J connectivity index is 1.41. The minimum Gasteiger partial charge on any atom is -0.457 e. The first-order valence-corrected chi connectivity index (χ1v) is 19.0. The van der Waals surface area contributed by atoms with Gasteiger partial charge in [0, 0.05) is 31.8 Å². The molecule has 9 nitrogen and oxygen atoms in total. The number of urea groups is 1. The molecule has 52 heavy (non-hydrogen) atoms. The van der Waals surface area contributed by atoms with Crippen LogP contribution in [-0.4, -0.2) is 59.8 Å². The zero-order valence-electron chi connectivity index (χ0n) is 31.2. The first-order chi connectivity index (χ1) is 25.3. The van der Waals surface area contributed by atoms with Crippen molar-refractivity contribution in [1.29, 1.82) is 0 Å². The number of nitrogens with one attached hydrogen (secondary N) is 2. The van der Waals surface area contributed by atoms with Crippen molar-refractivity contribution in [2.75, 3.05) is 26.2 Å². The first-order valence-electron chi connectivity index (χ1n) is 19.0. The maximum atomic E-state index is 13.8. The predicted octanol–water partition coefficient (Wildman–Crippen LogP) is 8.32. The number of hydrogen-bond acceptors (Lipinski definition) is 5. The predicted molar refractivity (Wildman–Crippen MR) is 206 cm³/mol. The SMILES string of the molecule is CCCCCCN(CC(=O)NCCCC)C(=O)CCCCCN1C(=O)NC(c2ccc(-c3ccccc3)cc2)C(C(=O)OCc2ccccc2)=C1C. The van der Waals surface area contributed by atoms with Gasteiger partial charge < -0.3 is 20.3 Å². The Kier molecular flexibility index (Phi) is 16.4. The van der Waals surface area contributed by atoms with Crippen molar-refractivity contribution in [3.63, 3.8) is 0 Å². The third-order valence-corrected chi connectivity index (χ3v) is 9.47. The summed E-state index contributed by atoms with van der Waals surface area (Å²) in [6.45, 7) is 7.83. The van der Waals surface area contributed by atoms with E-state index in [1.807, 2.05) is 84.9 Å². The Morgan fingerprint density at radius 3 is 2.13 bits per heavy atom. The van der Waals surface area contributed by atoms with Gasteiger partial charge in [-0.25, -0.2) is 9.59 Å². The highest BCUT2D eigenvalue weighted by atomic mass is 16.5. The van der Waals surface area contributed by atoms with Crippen LogP contribution >= 0.6 is 0 Å². The fraction of sp³-hybridized carbons (Fsp3) is 0.442. The lowest BCUT2D eigenvalue weighted by molar-refractivity contribution is -0.141. The van der Waals surface area contributed by atoms with Crippen molar-refractivity contribution in [3.8, 4) is 11.1 Å². The summed E-state index contributed by atoms with van der Waals surface area (Å²) in [5.74, 6) is -0.607. The van der Waals surface area contributed by atoms with Gasteiger partial charge in [-0.05, 0) is 54.9 Å². The van der Waals surface area contributed by atoms with Crippen LogP contribution in [0.15, 0.2) is 96.2 Å². The van der Waals surface area contributed by atoms with Crippen LogP contribution in [0.4, 0.5) is 4.79 Å². The van der Waals surface area contributed by atoms with Crippen molar-refractivity contribution in [1.82, 2.24) is 20.4 Å². The van der Waals surface area contributed by atoms with E-state index in [1.165, 1.54) is 0 Å². The van der Waals surface area contributed by atoms with E-state index in [0.29, 0.717) is 56.6 Å². The normalized spacial score (nSPS) is 14.2. The number of ether oxygens (including phenoxy) is 1. The molecule has 9 heteroatoms. The minimum absolute atomic E-state index is 0.0153. The maximum absolute atomic E-state index is 13.8. The largest absolute Gasteiger partial charge is 0.457 e. The van der Waals surface area contributed by atoms with Gasteiger partial charge in [0.25, 0.3) is 0 Å². The molecule has 1 aliphatic rings. The lowest BCUT2D eigenvalue weighted by Gasteiger charge is -2.35. The molecule has 0 spiro atoms. The molecule has 0 fully saturated rings. The Bertz CT molecular complexity index is 1610. The van der Waals surface area contributed by atoms with E-state index < -0.39 is 12.0 Å². The standard InChI is InChI=1S/C43H56N4O5/c1-4-6-8-17-29-46(31-38(48)44-28-7-5-2)39(49)23-16-11-18-30-47-33(3)40(42(50)52-32-34-19-12-9-13-20-34)41(45-43(47)51)37-26-24-36(25-27-37)35-21-14-10-15-22-35/h9-10,12-15,19-22,24-27,41H,4-8,11,16-18,23,28-32H2,1-3H3,(H,44,48)(H,45,51). The van der Waals surface area contributed by atoms with Gasteiger partial charge in [0.15, 0.2) is 0 Å². The summed E-state index contributed by atoms with van der Waals surface area (Å²) in [7, 11) is 0. The molecule has 0 bridgehead atoms. The van der Waals surface area contributed by atoms with Gasteiger partial charge in [-0.3, -0.25) is 14.5 Å². The fourth-order valence-electron chi connectivity index (χ4n) is 6.40. The van der Waals surface area contributed by atoms with E-state index in [1.54, 1.807) is 16.7 Å². The van der Waals surface area contributed by atoms with Gasteiger partial charge in [-0.1, -0.05) is 131 Å². The van der Waals surface area contributed by atoms with E-state index in [2.05, 4.69) is 24.5 Å². The van der Waals surface area contributed by atoms with Gasteiger partial charge in [0.2, 0.25) is 11.8 Å². The Morgan fingerprint density at radius 2 is 1.44 bits per heavy atom. The summed E-state index contributed by atoms with van der Waals surface area (Å²) in [6.07, 6.45) is 8.39. The molecule has 278 valence electrons. The summed E-state index contributed by atoms with van der Waals surface area (Å²) in [5.41, 5.74) is 4.74. The van der Waals surface area contributed by atoms with Gasteiger partial charge >= 0.3 is 12.0 Å². The Labute approximate surface area is 309 Å². The molecule has 0 aromatic heterocycles. The quantitative estimate of drug-likeness (QED) is 0.0855. The second-order valence-electron chi connectivity index (χ2n) is 13.5. The van der Waals surface area contributed by atoms with Crippen LogP contribution in [-0.2, 0) is 25.7 Å². The number of allylic oxidation sites excluding steroid dienone is 1. The monoisotopic (exact) mass is 708 g/mol. The van der Waals surface area contributed by atoms with Crippen LogP contribution in [0.1, 0.15) is 102 Å². The molecule has 0 saturated carbocycles. The highest BCUT2D eigenvalue weighted by Gasteiger charge is 2.36. The van der Waals surface area contributed by atoms with Gasteiger partial charge in [0.05, 0.1) is 18.2 Å². The van der Waals surface area contributed by atoms with E-state index in [0.717, 1.165) is 60.8 Å². The minimum atomic E-state index is -0.669. The topological polar surface area (TPSA) is 108 Å². The molecule has 1 heterocycles. The average Bonchev–Trinajstić information content (AvgIpc) is 3.16. The molecule has 1 unspecified atom stereocenters. The molecule has 2 N–H and O–H groups in total. The second kappa shape index (κ2) is 21.4. The number of rotatable bonds is 21. The molecule has 1 aliphatic heterocycles. The summed E-state index contributed by atoms with van der Waals surface area (Å²) in [6, 6.07) is 26.5. The van der Waals surface area contributed by atoms with Crippen molar-refractivity contribution >= 4 is 23.8 Å². The summed E-state index contributed by atoms with van der Waals surface area (Å²) >= 11 is 0. The number of esters is 1. The number of nitrogens with zero attached hydrogens (tertiary/aromatic N) is 2. The van der Waals surface area contributed by atoms with Crippen molar-refractivity contribution in [3.05, 3.63) is 107 Å². The number of hydrogen-bond donors (Lipinski definition) is 2. The van der Waals surface area contributed by atoms with E-state index in [4.69, 9.17) is 4.74 Å². The average molecular weight is 709 g/mol. The number of amides is 4. The summed E-state index contributed by atoms with van der Waals surface area (Å²) in [4.78, 5) is 56.3. The van der Waals surface area contributed by atoms with E-state index >= 15 is 0 Å². The molecular formula is C43H56N4O5. The summed E-state index contributed by atoms with van der Waals surface area (Å²) in [5, 5.41) is 6.00. The van der Waals surface area contributed by atoms with Crippen molar-refractivity contribution in [2.24, 2.45) is 0 Å². The lowest BCUT2D eigenvalue weighted by atomic mass is 9.93.